The van der Waals surface area contributed by atoms with E-state index in [1.54, 1.807) is 6.20 Å². The number of halogens is 1. The van der Waals surface area contributed by atoms with E-state index in [9.17, 15) is 0 Å². The summed E-state index contributed by atoms with van der Waals surface area (Å²) in [6.45, 7) is 3.82. The highest BCUT2D eigenvalue weighted by molar-refractivity contribution is 9.10. The van der Waals surface area contributed by atoms with Crippen LogP contribution in [0.4, 0.5) is 5.82 Å². The van der Waals surface area contributed by atoms with Crippen LogP contribution in [0.1, 0.15) is 11.3 Å². The monoisotopic (exact) mass is 278 g/mol. The van der Waals surface area contributed by atoms with E-state index in [0.717, 1.165) is 21.4 Å². The fourth-order valence-corrected chi connectivity index (χ4v) is 1.51. The van der Waals surface area contributed by atoms with Crippen molar-refractivity contribution in [2.24, 2.45) is 0 Å². The summed E-state index contributed by atoms with van der Waals surface area (Å²) in [6, 6.07) is 3.75. The molecule has 0 spiro atoms. The lowest BCUT2D eigenvalue weighted by Crippen LogP contribution is -2.02. The molecule has 0 aliphatic rings. The van der Waals surface area contributed by atoms with Crippen LogP contribution in [0.2, 0.25) is 0 Å². The van der Waals surface area contributed by atoms with Crippen LogP contribution in [-0.2, 0) is 0 Å². The molecule has 4 nitrogen and oxygen atoms in total. The van der Waals surface area contributed by atoms with Gasteiger partial charge in [-0.15, -0.1) is 0 Å². The number of nitrogen functional groups attached to an aromatic ring is 1. The van der Waals surface area contributed by atoms with E-state index in [4.69, 9.17) is 5.73 Å². The molecule has 0 atom stereocenters. The van der Waals surface area contributed by atoms with Gasteiger partial charge in [0, 0.05) is 21.9 Å². The molecule has 16 heavy (non-hydrogen) atoms. The summed E-state index contributed by atoms with van der Waals surface area (Å²) in [4.78, 5) is 12.8. The van der Waals surface area contributed by atoms with Crippen molar-refractivity contribution in [1.82, 2.24) is 15.0 Å². The molecule has 0 saturated heterocycles. The SMILES string of the molecule is Cc1nc(-c2ccc(Br)cn2)nc(N)c1C. The Kier molecular flexibility index (Phi) is 2.87. The van der Waals surface area contributed by atoms with Crippen molar-refractivity contribution in [2.75, 3.05) is 5.73 Å². The lowest BCUT2D eigenvalue weighted by atomic mass is 10.2. The third-order valence-corrected chi connectivity index (χ3v) is 2.85. The molecule has 2 N–H and O–H groups in total. The van der Waals surface area contributed by atoms with E-state index in [1.807, 2.05) is 26.0 Å². The van der Waals surface area contributed by atoms with Gasteiger partial charge in [-0.3, -0.25) is 4.98 Å². The molecule has 2 aromatic heterocycles. The zero-order chi connectivity index (χ0) is 11.7. The third kappa shape index (κ3) is 2.04. The lowest BCUT2D eigenvalue weighted by Gasteiger charge is -2.06. The predicted octanol–water partition coefficient (Wildman–Crippen LogP) is 2.50. The lowest BCUT2D eigenvalue weighted by molar-refractivity contribution is 1.06. The molecule has 2 aromatic rings. The first-order chi connectivity index (χ1) is 7.58. The van der Waals surface area contributed by atoms with Crippen molar-refractivity contribution in [3.63, 3.8) is 0 Å². The quantitative estimate of drug-likeness (QED) is 0.871. The largest absolute Gasteiger partial charge is 0.383 e. The highest BCUT2D eigenvalue weighted by atomic mass is 79.9. The minimum atomic E-state index is 0.507. The van der Waals surface area contributed by atoms with Crippen molar-refractivity contribution in [1.29, 1.82) is 0 Å². The number of pyridine rings is 1. The Morgan fingerprint density at radius 2 is 1.94 bits per heavy atom. The van der Waals surface area contributed by atoms with Gasteiger partial charge in [0.05, 0.1) is 0 Å². The summed E-state index contributed by atoms with van der Waals surface area (Å²) in [5, 5.41) is 0. The highest BCUT2D eigenvalue weighted by Gasteiger charge is 2.07. The Morgan fingerprint density at radius 1 is 1.19 bits per heavy atom. The molecule has 2 heterocycles. The number of rotatable bonds is 1. The van der Waals surface area contributed by atoms with Crippen molar-refractivity contribution in [2.45, 2.75) is 13.8 Å². The zero-order valence-electron chi connectivity index (χ0n) is 9.03. The zero-order valence-corrected chi connectivity index (χ0v) is 10.6. The Bertz CT molecular complexity index is 499. The second-order valence-electron chi connectivity index (χ2n) is 3.50. The summed E-state index contributed by atoms with van der Waals surface area (Å²) in [5.74, 6) is 1.07. The van der Waals surface area contributed by atoms with Gasteiger partial charge < -0.3 is 5.73 Å². The summed E-state index contributed by atoms with van der Waals surface area (Å²) < 4.78 is 0.924. The molecule has 0 amide bonds. The average Bonchev–Trinajstić information content (AvgIpc) is 2.26. The normalized spacial score (nSPS) is 10.4. The molecule has 0 fully saturated rings. The van der Waals surface area contributed by atoms with E-state index in [1.165, 1.54) is 0 Å². The Balaban J connectivity index is 2.52. The van der Waals surface area contributed by atoms with Crippen molar-refractivity contribution < 1.29 is 0 Å². The molecule has 0 radical (unpaired) electrons. The number of nitrogens with zero attached hydrogens (tertiary/aromatic N) is 3. The van der Waals surface area contributed by atoms with Gasteiger partial charge in [-0.05, 0) is 41.9 Å². The van der Waals surface area contributed by atoms with Gasteiger partial charge in [-0.1, -0.05) is 0 Å². The van der Waals surface area contributed by atoms with Crippen molar-refractivity contribution in [3.05, 3.63) is 34.1 Å². The number of hydrogen-bond acceptors (Lipinski definition) is 4. The molecule has 0 aliphatic heterocycles. The molecule has 0 saturated carbocycles. The fraction of sp³-hybridized carbons (Fsp3) is 0.182. The first kappa shape index (κ1) is 11.0. The van der Waals surface area contributed by atoms with Gasteiger partial charge in [0.2, 0.25) is 0 Å². The smallest absolute Gasteiger partial charge is 0.180 e. The average molecular weight is 279 g/mol. The fourth-order valence-electron chi connectivity index (χ4n) is 1.27. The minimum Gasteiger partial charge on any atom is -0.383 e. The first-order valence-electron chi connectivity index (χ1n) is 4.80. The van der Waals surface area contributed by atoms with E-state index >= 15 is 0 Å². The summed E-state index contributed by atoms with van der Waals surface area (Å²) in [6.07, 6.45) is 1.71. The Labute approximate surface area is 102 Å². The third-order valence-electron chi connectivity index (χ3n) is 2.38. The summed E-state index contributed by atoms with van der Waals surface area (Å²) in [5.41, 5.74) is 8.32. The van der Waals surface area contributed by atoms with E-state index < -0.39 is 0 Å². The Morgan fingerprint density at radius 3 is 2.50 bits per heavy atom. The topological polar surface area (TPSA) is 64.7 Å². The second kappa shape index (κ2) is 4.17. The molecular weight excluding hydrogens is 268 g/mol. The Hall–Kier alpha value is -1.49. The summed E-state index contributed by atoms with van der Waals surface area (Å²) in [7, 11) is 0. The molecule has 0 aromatic carbocycles. The molecule has 0 aliphatic carbocycles. The van der Waals surface area contributed by atoms with Gasteiger partial charge >= 0.3 is 0 Å². The van der Waals surface area contributed by atoms with Crippen LogP contribution in [0.3, 0.4) is 0 Å². The first-order valence-corrected chi connectivity index (χ1v) is 5.60. The van der Waals surface area contributed by atoms with Gasteiger partial charge in [-0.25, -0.2) is 9.97 Å². The molecular formula is C11H11BrN4. The number of aryl methyl sites for hydroxylation is 1. The van der Waals surface area contributed by atoms with Crippen LogP contribution in [0.15, 0.2) is 22.8 Å². The van der Waals surface area contributed by atoms with Crippen LogP contribution in [0, 0.1) is 13.8 Å². The maximum absolute atomic E-state index is 5.80. The summed E-state index contributed by atoms with van der Waals surface area (Å²) >= 11 is 3.33. The highest BCUT2D eigenvalue weighted by Crippen LogP contribution is 2.19. The molecule has 82 valence electrons. The van der Waals surface area contributed by atoms with Crippen LogP contribution in [0.25, 0.3) is 11.5 Å². The van der Waals surface area contributed by atoms with Crippen molar-refractivity contribution >= 4 is 21.7 Å². The van der Waals surface area contributed by atoms with Gasteiger partial charge in [-0.2, -0.15) is 0 Å². The number of aromatic nitrogens is 3. The van der Waals surface area contributed by atoms with Crippen LogP contribution in [0.5, 0.6) is 0 Å². The maximum atomic E-state index is 5.80. The molecule has 0 bridgehead atoms. The maximum Gasteiger partial charge on any atom is 0.180 e. The van der Waals surface area contributed by atoms with E-state index in [-0.39, 0.29) is 0 Å². The molecule has 5 heteroatoms. The predicted molar refractivity (Wildman–Crippen MR) is 66.8 cm³/mol. The number of hydrogen-bond donors (Lipinski definition) is 1. The minimum absolute atomic E-state index is 0.507. The number of anilines is 1. The van der Waals surface area contributed by atoms with Crippen LogP contribution >= 0.6 is 15.9 Å². The van der Waals surface area contributed by atoms with E-state index in [0.29, 0.717) is 11.6 Å². The van der Waals surface area contributed by atoms with Crippen LogP contribution in [-0.4, -0.2) is 15.0 Å². The second-order valence-corrected chi connectivity index (χ2v) is 4.42. The number of nitrogens with two attached hydrogens (primary N) is 1. The van der Waals surface area contributed by atoms with Gasteiger partial charge in [0.1, 0.15) is 11.5 Å². The van der Waals surface area contributed by atoms with E-state index in [2.05, 4.69) is 30.9 Å². The molecule has 2 rings (SSSR count). The van der Waals surface area contributed by atoms with Gasteiger partial charge in [0.25, 0.3) is 0 Å². The van der Waals surface area contributed by atoms with Crippen LogP contribution < -0.4 is 5.73 Å². The van der Waals surface area contributed by atoms with Crippen molar-refractivity contribution in [3.8, 4) is 11.5 Å². The van der Waals surface area contributed by atoms with Gasteiger partial charge in [0.15, 0.2) is 5.82 Å². The molecule has 0 unspecified atom stereocenters. The standard InChI is InChI=1S/C11H11BrN4/c1-6-7(2)15-11(16-10(6)13)9-4-3-8(12)5-14-9/h3-5H,1-2H3,(H2,13,15,16).